The van der Waals surface area contributed by atoms with Gasteiger partial charge >= 0.3 is 5.97 Å². The van der Waals surface area contributed by atoms with E-state index in [1.807, 2.05) is 0 Å². The van der Waals surface area contributed by atoms with Crippen LogP contribution in [0.1, 0.15) is 53.9 Å². The number of carboxylic acids is 1. The number of aliphatic carboxylic acids is 1. The predicted molar refractivity (Wildman–Crippen MR) is 89.9 cm³/mol. The summed E-state index contributed by atoms with van der Waals surface area (Å²) in [5.41, 5.74) is -3.33. The zero-order valence-corrected chi connectivity index (χ0v) is 15.2. The lowest BCUT2D eigenvalue weighted by atomic mass is 9.57. The Labute approximate surface area is 146 Å². The number of Topliss-reactive ketones (excluding diaryl/α,β-unsaturated/α-hetero) is 3. The Balaban J connectivity index is 2.84. The van der Waals surface area contributed by atoms with Crippen LogP contribution in [-0.2, 0) is 19.2 Å². The van der Waals surface area contributed by atoms with Crippen LogP contribution >= 0.6 is 0 Å². The Morgan fingerprint density at radius 3 is 2.08 bits per heavy atom. The highest BCUT2D eigenvalue weighted by molar-refractivity contribution is 6.52. The van der Waals surface area contributed by atoms with E-state index in [9.17, 15) is 29.4 Å². The third-order valence-corrected chi connectivity index (χ3v) is 5.36. The summed E-state index contributed by atoms with van der Waals surface area (Å²) in [6, 6.07) is 0. The van der Waals surface area contributed by atoms with E-state index >= 15 is 0 Å². The van der Waals surface area contributed by atoms with E-state index in [4.69, 9.17) is 0 Å². The second-order valence-electron chi connectivity index (χ2n) is 8.03. The molecule has 0 bridgehead atoms. The second-order valence-corrected chi connectivity index (χ2v) is 8.03. The molecular weight excluding hydrogens is 324 g/mol. The lowest BCUT2D eigenvalue weighted by Gasteiger charge is -2.43. The highest BCUT2D eigenvalue weighted by Crippen LogP contribution is 2.50. The number of aliphatic hydroxyl groups excluding tert-OH is 1. The van der Waals surface area contributed by atoms with Crippen molar-refractivity contribution in [2.75, 3.05) is 0 Å². The van der Waals surface area contributed by atoms with Crippen molar-refractivity contribution in [2.45, 2.75) is 53.9 Å². The van der Waals surface area contributed by atoms with E-state index in [1.165, 1.54) is 6.92 Å². The maximum atomic E-state index is 13.0. The molecule has 6 heteroatoms. The normalized spacial score (nSPS) is 27.4. The molecule has 2 aliphatic carbocycles. The fourth-order valence-electron chi connectivity index (χ4n) is 4.08. The summed E-state index contributed by atoms with van der Waals surface area (Å²) in [5, 5.41) is 20.1. The average molecular weight is 348 g/mol. The van der Waals surface area contributed by atoms with Crippen LogP contribution in [0.4, 0.5) is 0 Å². The molecule has 1 atom stereocenters. The summed E-state index contributed by atoms with van der Waals surface area (Å²) in [4.78, 5) is 50.1. The number of carbonyl (C=O) groups is 4. The standard InChI is InChI=1S/C19H24O6/c1-9(2)10-13(20)11(16(23)24)12(15(22)14(10)21)19(5)8-6-7-18(3,4)17(19)25/h9,20H,6-8H2,1-5H3,(H,23,24). The Morgan fingerprint density at radius 1 is 1.04 bits per heavy atom. The summed E-state index contributed by atoms with van der Waals surface area (Å²) < 4.78 is 0. The van der Waals surface area contributed by atoms with Crippen LogP contribution in [0.2, 0.25) is 0 Å². The first-order valence-corrected chi connectivity index (χ1v) is 8.41. The van der Waals surface area contributed by atoms with Crippen molar-refractivity contribution in [3.05, 3.63) is 22.5 Å². The molecule has 0 aromatic rings. The Hall–Kier alpha value is -2.24. The topological polar surface area (TPSA) is 109 Å². The number of ketones is 3. The van der Waals surface area contributed by atoms with Crippen molar-refractivity contribution in [3.63, 3.8) is 0 Å². The van der Waals surface area contributed by atoms with Gasteiger partial charge < -0.3 is 10.2 Å². The van der Waals surface area contributed by atoms with E-state index in [0.29, 0.717) is 12.8 Å². The van der Waals surface area contributed by atoms with Gasteiger partial charge in [-0.25, -0.2) is 4.79 Å². The summed E-state index contributed by atoms with van der Waals surface area (Å²) in [6.45, 7) is 8.19. The zero-order valence-electron chi connectivity index (χ0n) is 15.2. The van der Waals surface area contributed by atoms with Gasteiger partial charge in [-0.3, -0.25) is 14.4 Å². The van der Waals surface area contributed by atoms with Gasteiger partial charge in [0.2, 0.25) is 11.6 Å². The van der Waals surface area contributed by atoms with Crippen molar-refractivity contribution in [1.29, 1.82) is 0 Å². The summed E-state index contributed by atoms with van der Waals surface area (Å²) in [7, 11) is 0. The van der Waals surface area contributed by atoms with Gasteiger partial charge in [0.15, 0.2) is 0 Å². The molecule has 1 fully saturated rings. The minimum absolute atomic E-state index is 0.211. The smallest absolute Gasteiger partial charge is 0.339 e. The molecule has 0 amide bonds. The minimum atomic E-state index is -1.51. The van der Waals surface area contributed by atoms with Crippen molar-refractivity contribution < 1.29 is 29.4 Å². The molecule has 0 radical (unpaired) electrons. The van der Waals surface area contributed by atoms with Crippen LogP contribution in [0.5, 0.6) is 0 Å². The number of aliphatic hydroxyl groups is 1. The number of hydrogen-bond donors (Lipinski definition) is 2. The van der Waals surface area contributed by atoms with Gasteiger partial charge in [-0.15, -0.1) is 0 Å². The lowest BCUT2D eigenvalue weighted by Crippen LogP contribution is -2.48. The molecule has 1 saturated carbocycles. The van der Waals surface area contributed by atoms with Crippen molar-refractivity contribution >= 4 is 23.3 Å². The largest absolute Gasteiger partial charge is 0.507 e. The van der Waals surface area contributed by atoms with E-state index in [2.05, 4.69) is 0 Å². The number of hydrogen-bond acceptors (Lipinski definition) is 5. The fraction of sp³-hybridized carbons (Fsp3) is 0.579. The van der Waals surface area contributed by atoms with Gasteiger partial charge in [0.1, 0.15) is 17.1 Å². The first-order chi connectivity index (χ1) is 11.4. The zero-order chi connectivity index (χ0) is 19.3. The Kier molecular flexibility index (Phi) is 4.53. The van der Waals surface area contributed by atoms with Crippen molar-refractivity contribution in [3.8, 4) is 0 Å². The van der Waals surface area contributed by atoms with Crippen LogP contribution in [0, 0.1) is 16.7 Å². The molecule has 0 aromatic heterocycles. The van der Waals surface area contributed by atoms with Crippen LogP contribution in [-0.4, -0.2) is 33.5 Å². The average Bonchev–Trinajstić information content (AvgIpc) is 2.47. The van der Waals surface area contributed by atoms with Crippen molar-refractivity contribution in [1.82, 2.24) is 0 Å². The quantitative estimate of drug-likeness (QED) is 0.599. The van der Waals surface area contributed by atoms with Gasteiger partial charge in [-0.2, -0.15) is 0 Å². The molecule has 0 heterocycles. The SMILES string of the molecule is CC(C)C1=C(O)C(C(=O)O)=C(C2(C)CCCC(C)(C)C2=O)C(=O)C1=O. The van der Waals surface area contributed by atoms with Gasteiger partial charge in [-0.1, -0.05) is 34.1 Å². The molecule has 1 unspecified atom stereocenters. The van der Waals surface area contributed by atoms with E-state index < -0.39 is 45.6 Å². The molecule has 0 aromatic carbocycles. The maximum Gasteiger partial charge on any atom is 0.339 e. The monoisotopic (exact) mass is 348 g/mol. The molecule has 0 spiro atoms. The molecule has 25 heavy (non-hydrogen) atoms. The van der Waals surface area contributed by atoms with Gasteiger partial charge in [-0.05, 0) is 25.7 Å². The number of carbonyl (C=O) groups excluding carboxylic acids is 3. The van der Waals surface area contributed by atoms with Crippen molar-refractivity contribution in [2.24, 2.45) is 16.7 Å². The third kappa shape index (κ3) is 2.73. The van der Waals surface area contributed by atoms with Crippen LogP contribution in [0.3, 0.4) is 0 Å². The third-order valence-electron chi connectivity index (χ3n) is 5.36. The molecule has 2 aliphatic rings. The molecule has 6 nitrogen and oxygen atoms in total. The van der Waals surface area contributed by atoms with E-state index in [0.717, 1.165) is 0 Å². The van der Waals surface area contributed by atoms with Crippen LogP contribution in [0.25, 0.3) is 0 Å². The van der Waals surface area contributed by atoms with E-state index in [1.54, 1.807) is 27.7 Å². The molecule has 136 valence electrons. The van der Waals surface area contributed by atoms with Gasteiger partial charge in [0, 0.05) is 16.6 Å². The Bertz CT molecular complexity index is 750. The minimum Gasteiger partial charge on any atom is -0.507 e. The van der Waals surface area contributed by atoms with Crippen LogP contribution in [0.15, 0.2) is 22.5 Å². The van der Waals surface area contributed by atoms with Gasteiger partial charge in [0.25, 0.3) is 0 Å². The lowest BCUT2D eigenvalue weighted by molar-refractivity contribution is -0.142. The highest BCUT2D eigenvalue weighted by atomic mass is 16.4. The summed E-state index contributed by atoms with van der Waals surface area (Å²) in [5.74, 6) is -4.92. The Morgan fingerprint density at radius 2 is 1.60 bits per heavy atom. The number of carboxylic acid groups (broad SMARTS) is 1. The fourth-order valence-corrected chi connectivity index (χ4v) is 4.08. The summed E-state index contributed by atoms with van der Waals surface area (Å²) in [6.07, 6.45) is 1.51. The molecule has 2 N–H and O–H groups in total. The molecule has 2 rings (SSSR count). The first kappa shape index (κ1) is 19.1. The first-order valence-electron chi connectivity index (χ1n) is 8.41. The maximum absolute atomic E-state index is 13.0. The molecular formula is C19H24O6. The van der Waals surface area contributed by atoms with Crippen LogP contribution < -0.4 is 0 Å². The van der Waals surface area contributed by atoms with Gasteiger partial charge in [0.05, 0.1) is 5.41 Å². The number of allylic oxidation sites excluding steroid dienone is 2. The number of rotatable bonds is 3. The predicted octanol–water partition coefficient (Wildman–Crippen LogP) is 2.77. The molecule has 0 aliphatic heterocycles. The second kappa shape index (κ2) is 5.93. The molecule has 0 saturated heterocycles. The van der Waals surface area contributed by atoms with E-state index in [-0.39, 0.29) is 23.4 Å². The summed E-state index contributed by atoms with van der Waals surface area (Å²) >= 11 is 0. The highest BCUT2D eigenvalue weighted by Gasteiger charge is 2.54.